The molecule has 0 spiro atoms. The summed E-state index contributed by atoms with van der Waals surface area (Å²) < 4.78 is 24.7. The minimum Gasteiger partial charge on any atom is -0.478 e. The summed E-state index contributed by atoms with van der Waals surface area (Å²) in [5.74, 6) is -3.50. The first kappa shape index (κ1) is 30.7. The van der Waals surface area contributed by atoms with Crippen LogP contribution >= 0.6 is 0 Å². The summed E-state index contributed by atoms with van der Waals surface area (Å²) in [6.45, 7) is 8.89. The predicted octanol–water partition coefficient (Wildman–Crippen LogP) is 0.888. The van der Waals surface area contributed by atoms with E-state index in [1.165, 1.54) is 29.0 Å². The molecule has 0 aromatic heterocycles. The Labute approximate surface area is 249 Å². The van der Waals surface area contributed by atoms with Gasteiger partial charge in [-0.05, 0) is 41.7 Å². The Hall–Kier alpha value is -3.74. The lowest BCUT2D eigenvalue weighted by Crippen LogP contribution is -2.60. The van der Waals surface area contributed by atoms with E-state index in [-0.39, 0.29) is 58.8 Å². The molecule has 234 valence electrons. The number of primary amides is 1. The number of amides is 5. The highest BCUT2D eigenvalue weighted by Gasteiger charge is 2.70. The summed E-state index contributed by atoms with van der Waals surface area (Å²) in [6.07, 6.45) is -0.831. The topological polar surface area (TPSA) is 160 Å². The molecule has 43 heavy (non-hydrogen) atoms. The summed E-state index contributed by atoms with van der Waals surface area (Å²) in [4.78, 5) is 69.2. The molecule has 4 aliphatic rings. The van der Waals surface area contributed by atoms with Crippen LogP contribution < -0.4 is 21.1 Å². The summed E-state index contributed by atoms with van der Waals surface area (Å²) in [5, 5.41) is 5.46. The molecule has 7 atom stereocenters. The number of carbonyl (C=O) groups is 5. The molecule has 0 bridgehead atoms. The molecule has 1 aliphatic carbocycles. The fourth-order valence-electron chi connectivity index (χ4n) is 6.81. The second-order valence-corrected chi connectivity index (χ2v) is 13.0. The number of nitrogens with one attached hydrogen (secondary N) is 2. The standard InChI is InChI=1S/C30H40FN5O7/c1-14(2)23(34-26(38)15-8-9-42-13-15)28(40)36-12-17-22(30(17,3)4)24(36)29(41)35(5)19(25(32)37)11-21-27(39)33-18-10-16(31)6-7-20(18)43-21/h6-7,10,14-15,17,19,21-24H,8-9,11-13H2,1-5H3,(H2,32,37)(H,33,39)(H,34,38)/t15-,17+,19+,21+,22+,23+,24+/m1/s1. The van der Waals surface area contributed by atoms with Gasteiger partial charge in [-0.3, -0.25) is 24.0 Å². The molecule has 3 aliphatic heterocycles. The number of rotatable bonds is 9. The van der Waals surface area contributed by atoms with Gasteiger partial charge in [0.2, 0.25) is 23.6 Å². The molecule has 3 fully saturated rings. The minimum atomic E-state index is -1.23. The number of fused-ring (bicyclic) bond motifs is 2. The van der Waals surface area contributed by atoms with Gasteiger partial charge in [-0.15, -0.1) is 0 Å². The Bertz CT molecular complexity index is 1330. The number of nitrogens with zero attached hydrogens (tertiary/aromatic N) is 2. The van der Waals surface area contributed by atoms with E-state index in [9.17, 15) is 28.4 Å². The van der Waals surface area contributed by atoms with E-state index >= 15 is 0 Å². The Morgan fingerprint density at radius 1 is 1.26 bits per heavy atom. The van der Waals surface area contributed by atoms with Crippen molar-refractivity contribution in [2.24, 2.45) is 34.8 Å². The monoisotopic (exact) mass is 601 g/mol. The lowest BCUT2D eigenvalue weighted by atomic mass is 9.96. The quantitative estimate of drug-likeness (QED) is 0.379. The van der Waals surface area contributed by atoms with Gasteiger partial charge >= 0.3 is 0 Å². The maximum atomic E-state index is 14.2. The number of hydrogen-bond donors (Lipinski definition) is 3. The zero-order valence-corrected chi connectivity index (χ0v) is 25.1. The number of anilines is 1. The SMILES string of the molecule is CC(C)[C@H](NC(=O)[C@@H]1CCOC1)C(=O)N1C[C@H]2[C@@H]([C@H]1C(=O)N(C)[C@@H](C[C@@H]1Oc3ccc(F)cc3NC1=O)C(N)=O)C2(C)C. The van der Waals surface area contributed by atoms with Crippen molar-refractivity contribution in [1.29, 1.82) is 0 Å². The maximum absolute atomic E-state index is 14.2. The van der Waals surface area contributed by atoms with Crippen LogP contribution in [0.5, 0.6) is 5.75 Å². The number of carbonyl (C=O) groups excluding carboxylic acids is 5. The molecule has 12 nitrogen and oxygen atoms in total. The third-order valence-corrected chi connectivity index (χ3v) is 9.62. The van der Waals surface area contributed by atoms with Crippen molar-refractivity contribution >= 4 is 35.2 Å². The number of nitrogens with two attached hydrogens (primary N) is 1. The second-order valence-electron chi connectivity index (χ2n) is 13.0. The Morgan fingerprint density at radius 2 is 1.98 bits per heavy atom. The smallest absolute Gasteiger partial charge is 0.265 e. The number of halogens is 1. The number of benzene rings is 1. The van der Waals surface area contributed by atoms with Gasteiger partial charge < -0.3 is 35.6 Å². The maximum Gasteiger partial charge on any atom is 0.265 e. The summed E-state index contributed by atoms with van der Waals surface area (Å²) in [6, 6.07) is 0.724. The number of likely N-dealkylation sites (tertiary alicyclic amines) is 1. The van der Waals surface area contributed by atoms with E-state index in [0.717, 1.165) is 6.07 Å². The normalized spacial score (nSPS) is 28.2. The van der Waals surface area contributed by atoms with Gasteiger partial charge in [0.1, 0.15) is 29.7 Å². The fourth-order valence-corrected chi connectivity index (χ4v) is 6.81. The van der Waals surface area contributed by atoms with Gasteiger partial charge in [-0.25, -0.2) is 4.39 Å². The van der Waals surface area contributed by atoms with E-state index in [2.05, 4.69) is 10.6 Å². The van der Waals surface area contributed by atoms with Crippen molar-refractivity contribution < 1.29 is 37.8 Å². The number of hydrogen-bond acceptors (Lipinski definition) is 7. The average Bonchev–Trinajstić information content (AvgIpc) is 3.40. The molecular weight excluding hydrogens is 561 g/mol. The van der Waals surface area contributed by atoms with Crippen LogP contribution in [0.1, 0.15) is 40.5 Å². The molecule has 1 aromatic carbocycles. The highest BCUT2D eigenvalue weighted by Crippen LogP contribution is 2.65. The first-order valence-corrected chi connectivity index (χ1v) is 14.7. The van der Waals surface area contributed by atoms with Crippen LogP contribution in [0.4, 0.5) is 10.1 Å². The zero-order chi connectivity index (χ0) is 31.4. The van der Waals surface area contributed by atoms with Crippen molar-refractivity contribution in [3.8, 4) is 5.75 Å². The largest absolute Gasteiger partial charge is 0.478 e. The van der Waals surface area contributed by atoms with E-state index in [1.807, 2.05) is 27.7 Å². The van der Waals surface area contributed by atoms with Gasteiger partial charge in [0.05, 0.1) is 18.2 Å². The van der Waals surface area contributed by atoms with E-state index in [0.29, 0.717) is 26.2 Å². The summed E-state index contributed by atoms with van der Waals surface area (Å²) >= 11 is 0. The number of piperidine rings is 1. The molecule has 3 heterocycles. The Balaban J connectivity index is 1.34. The molecule has 0 radical (unpaired) electrons. The van der Waals surface area contributed by atoms with Crippen molar-refractivity contribution in [3.63, 3.8) is 0 Å². The molecular formula is C30H40FN5O7. The van der Waals surface area contributed by atoms with Crippen LogP contribution in [-0.4, -0.2) is 90.4 Å². The first-order valence-electron chi connectivity index (χ1n) is 14.7. The second kappa shape index (κ2) is 11.4. The third-order valence-electron chi connectivity index (χ3n) is 9.62. The molecule has 0 unspecified atom stereocenters. The first-order chi connectivity index (χ1) is 20.2. The van der Waals surface area contributed by atoms with Crippen molar-refractivity contribution in [2.75, 3.05) is 32.1 Å². The van der Waals surface area contributed by atoms with Gasteiger partial charge in [0.25, 0.3) is 5.91 Å². The predicted molar refractivity (Wildman–Crippen MR) is 152 cm³/mol. The van der Waals surface area contributed by atoms with Crippen LogP contribution in [0.3, 0.4) is 0 Å². The number of likely N-dealkylation sites (N-methyl/N-ethyl adjacent to an activating group) is 1. The number of ether oxygens (including phenoxy) is 2. The van der Waals surface area contributed by atoms with Crippen LogP contribution in [0.25, 0.3) is 0 Å². The van der Waals surface area contributed by atoms with E-state index in [1.54, 1.807) is 0 Å². The fraction of sp³-hybridized carbons (Fsp3) is 0.633. The Morgan fingerprint density at radius 3 is 2.60 bits per heavy atom. The van der Waals surface area contributed by atoms with Crippen LogP contribution in [0.15, 0.2) is 18.2 Å². The van der Waals surface area contributed by atoms with Gasteiger partial charge in [0.15, 0.2) is 6.10 Å². The van der Waals surface area contributed by atoms with Crippen LogP contribution in [-0.2, 0) is 28.7 Å². The van der Waals surface area contributed by atoms with Crippen molar-refractivity contribution in [2.45, 2.75) is 64.8 Å². The molecule has 13 heteroatoms. The molecule has 1 saturated carbocycles. The molecule has 4 N–H and O–H groups in total. The molecule has 2 saturated heterocycles. The highest BCUT2D eigenvalue weighted by molar-refractivity contribution is 5.99. The molecule has 1 aromatic rings. The van der Waals surface area contributed by atoms with E-state index < -0.39 is 47.8 Å². The summed E-state index contributed by atoms with van der Waals surface area (Å²) in [7, 11) is 1.43. The van der Waals surface area contributed by atoms with Gasteiger partial charge in [-0.2, -0.15) is 0 Å². The lowest BCUT2D eigenvalue weighted by Gasteiger charge is -2.38. The Kier molecular flexibility index (Phi) is 8.14. The van der Waals surface area contributed by atoms with Crippen LogP contribution in [0.2, 0.25) is 0 Å². The molecule has 5 amide bonds. The van der Waals surface area contributed by atoms with Gasteiger partial charge in [0, 0.05) is 32.7 Å². The van der Waals surface area contributed by atoms with E-state index in [4.69, 9.17) is 15.2 Å². The van der Waals surface area contributed by atoms with Gasteiger partial charge in [-0.1, -0.05) is 27.7 Å². The van der Waals surface area contributed by atoms with Crippen molar-refractivity contribution in [1.82, 2.24) is 15.1 Å². The summed E-state index contributed by atoms with van der Waals surface area (Å²) in [5.41, 5.74) is 5.70. The highest BCUT2D eigenvalue weighted by atomic mass is 19.1. The molecule has 5 rings (SSSR count). The third kappa shape index (κ3) is 5.66. The minimum absolute atomic E-state index is 0.0712. The zero-order valence-electron chi connectivity index (χ0n) is 25.1. The lowest BCUT2D eigenvalue weighted by molar-refractivity contribution is -0.151. The van der Waals surface area contributed by atoms with Crippen LogP contribution in [0, 0.1) is 34.9 Å². The van der Waals surface area contributed by atoms with Crippen molar-refractivity contribution in [3.05, 3.63) is 24.0 Å². The average molecular weight is 602 g/mol.